The summed E-state index contributed by atoms with van der Waals surface area (Å²) >= 11 is 0. The molecule has 0 unspecified atom stereocenters. The van der Waals surface area contributed by atoms with E-state index in [0.717, 1.165) is 5.56 Å². The van der Waals surface area contributed by atoms with Crippen LogP contribution in [0.15, 0.2) is 47.4 Å². The van der Waals surface area contributed by atoms with E-state index in [-0.39, 0.29) is 27.8 Å². The molecule has 2 aromatic carbocycles. The number of anilines is 1. The molecule has 2 rings (SSSR count). The lowest BCUT2D eigenvalue weighted by Gasteiger charge is -2.15. The lowest BCUT2D eigenvalue weighted by Crippen LogP contribution is -2.15. The van der Waals surface area contributed by atoms with Gasteiger partial charge in [0.15, 0.2) is 0 Å². The maximum Gasteiger partial charge on any atom is 0.265 e. The predicted molar refractivity (Wildman–Crippen MR) is 89.0 cm³/mol. The minimum Gasteiger partial charge on any atom is -0.495 e. The largest absolute Gasteiger partial charge is 0.495 e. The Kier molecular flexibility index (Phi) is 4.92. The summed E-state index contributed by atoms with van der Waals surface area (Å²) in [7, 11) is -2.45. The number of ether oxygens (including phenoxy) is 1. The summed E-state index contributed by atoms with van der Waals surface area (Å²) in [5.41, 5.74) is 1.39. The minimum absolute atomic E-state index is 0.0546. The molecule has 0 aliphatic heterocycles. The highest BCUT2D eigenvalue weighted by Gasteiger charge is 2.22. The van der Waals surface area contributed by atoms with Crippen molar-refractivity contribution in [2.24, 2.45) is 0 Å². The Morgan fingerprint density at radius 3 is 2.48 bits per heavy atom. The smallest absolute Gasteiger partial charge is 0.265 e. The molecule has 0 aliphatic rings. The summed E-state index contributed by atoms with van der Waals surface area (Å²) in [5.74, 6) is 0.442. The van der Waals surface area contributed by atoms with Crippen molar-refractivity contribution in [3.63, 3.8) is 0 Å². The van der Waals surface area contributed by atoms with Crippen LogP contribution < -0.4 is 9.46 Å². The highest BCUT2D eigenvalue weighted by atomic mass is 32.2. The summed E-state index contributed by atoms with van der Waals surface area (Å²) in [4.78, 5) is 0.0546. The topological polar surface area (TPSA) is 79.2 Å². The molecule has 2 aromatic rings. The van der Waals surface area contributed by atoms with E-state index >= 15 is 0 Å². The second-order valence-electron chi connectivity index (χ2n) is 5.33. The van der Waals surface area contributed by atoms with Crippen molar-refractivity contribution in [1.82, 2.24) is 0 Å². The van der Waals surface area contributed by atoms with Gasteiger partial charge in [0, 0.05) is 0 Å². The van der Waals surface area contributed by atoms with Crippen molar-refractivity contribution < 1.29 is 13.2 Å². The van der Waals surface area contributed by atoms with E-state index in [2.05, 4.69) is 4.72 Å². The fraction of sp³-hybridized carbons (Fsp3) is 0.235. The van der Waals surface area contributed by atoms with E-state index in [1.165, 1.54) is 7.11 Å². The first-order valence-corrected chi connectivity index (χ1v) is 8.57. The Labute approximate surface area is 136 Å². The van der Waals surface area contributed by atoms with Crippen molar-refractivity contribution in [3.05, 3.63) is 53.6 Å². The van der Waals surface area contributed by atoms with Crippen LogP contribution in [0.4, 0.5) is 5.69 Å². The molecule has 0 heterocycles. The number of para-hydroxylation sites is 1. The fourth-order valence-electron chi connectivity index (χ4n) is 2.13. The normalized spacial score (nSPS) is 11.1. The van der Waals surface area contributed by atoms with Gasteiger partial charge in [-0.2, -0.15) is 5.26 Å². The fourth-order valence-corrected chi connectivity index (χ4v) is 3.42. The van der Waals surface area contributed by atoms with E-state index in [9.17, 15) is 8.42 Å². The molecule has 0 aliphatic carbocycles. The average Bonchev–Trinajstić information content (AvgIpc) is 2.54. The number of methoxy groups -OCH3 is 1. The third-order valence-corrected chi connectivity index (χ3v) is 4.82. The molecule has 0 amide bonds. The molecule has 120 valence electrons. The number of nitrogens with one attached hydrogen (secondary N) is 1. The van der Waals surface area contributed by atoms with Gasteiger partial charge in [-0.1, -0.05) is 32.0 Å². The van der Waals surface area contributed by atoms with Gasteiger partial charge in [0.05, 0.1) is 18.4 Å². The van der Waals surface area contributed by atoms with Crippen LogP contribution in [0.3, 0.4) is 0 Å². The van der Waals surface area contributed by atoms with Crippen LogP contribution in [0.1, 0.15) is 30.9 Å². The van der Waals surface area contributed by atoms with Crippen LogP contribution in [0.25, 0.3) is 0 Å². The first-order valence-electron chi connectivity index (χ1n) is 7.09. The first-order chi connectivity index (χ1) is 10.9. The first kappa shape index (κ1) is 16.8. The standard InChI is InChI=1S/C17H18N2O3S/c1-12(2)13-8-9-16(22-3)17(10-13)23(20,21)19-15-7-5-4-6-14(15)11-18/h4-10,12,19H,1-3H3. The molecule has 0 spiro atoms. The molecule has 0 saturated carbocycles. The van der Waals surface area contributed by atoms with Crippen molar-refractivity contribution in [1.29, 1.82) is 5.26 Å². The van der Waals surface area contributed by atoms with Gasteiger partial charge in [-0.05, 0) is 35.7 Å². The molecule has 23 heavy (non-hydrogen) atoms. The molecule has 0 radical (unpaired) electrons. The lowest BCUT2D eigenvalue weighted by molar-refractivity contribution is 0.402. The molecule has 5 nitrogen and oxygen atoms in total. The number of sulfonamides is 1. The van der Waals surface area contributed by atoms with Crippen molar-refractivity contribution in [2.45, 2.75) is 24.7 Å². The summed E-state index contributed by atoms with van der Waals surface area (Å²) in [6.07, 6.45) is 0. The van der Waals surface area contributed by atoms with Crippen LogP contribution in [-0.4, -0.2) is 15.5 Å². The van der Waals surface area contributed by atoms with E-state index in [0.29, 0.717) is 0 Å². The molecule has 0 saturated heterocycles. The van der Waals surface area contributed by atoms with E-state index < -0.39 is 10.0 Å². The average molecular weight is 330 g/mol. The minimum atomic E-state index is -3.87. The van der Waals surface area contributed by atoms with Gasteiger partial charge >= 0.3 is 0 Å². The zero-order chi connectivity index (χ0) is 17.0. The molecular formula is C17H18N2O3S. The van der Waals surface area contributed by atoms with Gasteiger partial charge in [-0.3, -0.25) is 4.72 Å². The molecule has 0 fully saturated rings. The highest BCUT2D eigenvalue weighted by molar-refractivity contribution is 7.92. The molecule has 0 bridgehead atoms. The Bertz CT molecular complexity index is 852. The highest BCUT2D eigenvalue weighted by Crippen LogP contribution is 2.30. The monoisotopic (exact) mass is 330 g/mol. The lowest BCUT2D eigenvalue weighted by atomic mass is 10.0. The van der Waals surface area contributed by atoms with Gasteiger partial charge in [0.25, 0.3) is 10.0 Å². The van der Waals surface area contributed by atoms with Crippen LogP contribution in [0, 0.1) is 11.3 Å². The molecule has 1 N–H and O–H groups in total. The summed E-state index contributed by atoms with van der Waals surface area (Å²) in [6, 6.07) is 13.5. The molecular weight excluding hydrogens is 312 g/mol. The second kappa shape index (κ2) is 6.71. The van der Waals surface area contributed by atoms with E-state index in [1.807, 2.05) is 26.0 Å². The van der Waals surface area contributed by atoms with Crippen molar-refractivity contribution >= 4 is 15.7 Å². The number of benzene rings is 2. The van der Waals surface area contributed by atoms with Gasteiger partial charge < -0.3 is 4.74 Å². The maximum atomic E-state index is 12.7. The number of rotatable bonds is 5. The van der Waals surface area contributed by atoms with E-state index in [4.69, 9.17) is 10.00 Å². The third-order valence-electron chi connectivity index (χ3n) is 3.44. The van der Waals surface area contributed by atoms with Crippen molar-refractivity contribution in [2.75, 3.05) is 11.8 Å². The third kappa shape index (κ3) is 3.63. The SMILES string of the molecule is COc1ccc(C(C)C)cc1S(=O)(=O)Nc1ccccc1C#N. The summed E-state index contributed by atoms with van der Waals surface area (Å²) < 4.78 is 33.1. The van der Waals surface area contributed by atoms with E-state index in [1.54, 1.807) is 36.4 Å². The quantitative estimate of drug-likeness (QED) is 0.910. The Balaban J connectivity index is 2.51. The van der Waals surface area contributed by atoms with Crippen LogP contribution >= 0.6 is 0 Å². The number of nitriles is 1. The number of hydrogen-bond acceptors (Lipinski definition) is 4. The van der Waals surface area contributed by atoms with Crippen molar-refractivity contribution in [3.8, 4) is 11.8 Å². The Morgan fingerprint density at radius 1 is 1.17 bits per heavy atom. The number of hydrogen-bond donors (Lipinski definition) is 1. The Hall–Kier alpha value is -2.52. The molecule has 0 aromatic heterocycles. The number of nitrogens with zero attached hydrogens (tertiary/aromatic N) is 1. The Morgan fingerprint density at radius 2 is 1.87 bits per heavy atom. The molecule has 6 heteroatoms. The van der Waals surface area contributed by atoms with Gasteiger partial charge in [-0.25, -0.2) is 8.42 Å². The molecule has 0 atom stereocenters. The second-order valence-corrected chi connectivity index (χ2v) is 6.98. The zero-order valence-electron chi connectivity index (χ0n) is 13.2. The van der Waals surface area contributed by atoms with Crippen LogP contribution in [0.2, 0.25) is 0 Å². The predicted octanol–water partition coefficient (Wildman–Crippen LogP) is 3.49. The summed E-state index contributed by atoms with van der Waals surface area (Å²) in [6.45, 7) is 3.97. The zero-order valence-corrected chi connectivity index (χ0v) is 14.0. The van der Waals surface area contributed by atoms with Crippen LogP contribution in [0.5, 0.6) is 5.75 Å². The summed E-state index contributed by atoms with van der Waals surface area (Å²) in [5, 5.41) is 9.09. The van der Waals surface area contributed by atoms with Crippen LogP contribution in [-0.2, 0) is 10.0 Å². The maximum absolute atomic E-state index is 12.7. The van der Waals surface area contributed by atoms with Gasteiger partial charge in [0.1, 0.15) is 16.7 Å². The van der Waals surface area contributed by atoms with Gasteiger partial charge in [-0.15, -0.1) is 0 Å². The van der Waals surface area contributed by atoms with Gasteiger partial charge in [0.2, 0.25) is 0 Å².